The fourth-order valence-corrected chi connectivity index (χ4v) is 5.82. The van der Waals surface area contributed by atoms with Crippen molar-refractivity contribution in [2.45, 2.75) is 62.9 Å². The number of benzene rings is 1. The molecule has 9 heteroatoms. The Bertz CT molecular complexity index is 872. The number of carbonyl (C=O) groups is 1. The molecule has 0 spiro atoms. The van der Waals surface area contributed by atoms with E-state index in [1.165, 1.54) is 6.07 Å². The van der Waals surface area contributed by atoms with Crippen LogP contribution in [0.5, 0.6) is 0 Å². The van der Waals surface area contributed by atoms with Crippen LogP contribution in [-0.4, -0.2) is 61.9 Å². The molecule has 0 aromatic heterocycles. The number of nitrogens with one attached hydrogen (secondary N) is 1. The van der Waals surface area contributed by atoms with Gasteiger partial charge in [0.15, 0.2) is 0 Å². The van der Waals surface area contributed by atoms with Crippen molar-refractivity contribution >= 4 is 27.5 Å². The zero-order valence-electron chi connectivity index (χ0n) is 17.8. The maximum Gasteiger partial charge on any atom is 0.240 e. The molecule has 0 atom stereocenters. The molecule has 6 nitrogen and oxygen atoms in total. The second-order valence-electron chi connectivity index (χ2n) is 9.23. The van der Waals surface area contributed by atoms with Crippen molar-refractivity contribution in [2.24, 2.45) is 5.92 Å². The number of sulfonamides is 1. The van der Waals surface area contributed by atoms with E-state index in [-0.39, 0.29) is 33.3 Å². The summed E-state index contributed by atoms with van der Waals surface area (Å²) in [5, 5.41) is -0.223. The number of carbonyl (C=O) groups excluding carboxylic acids is 1. The van der Waals surface area contributed by atoms with E-state index in [4.69, 9.17) is 11.6 Å². The van der Waals surface area contributed by atoms with Crippen LogP contribution < -0.4 is 4.72 Å². The minimum atomic E-state index is -3.78. The lowest BCUT2D eigenvalue weighted by Crippen LogP contribution is -2.55. The average molecular weight is 460 g/mol. The predicted octanol–water partition coefficient (Wildman–Crippen LogP) is 3.26. The van der Waals surface area contributed by atoms with Gasteiger partial charge in [0.25, 0.3) is 0 Å². The molecule has 1 heterocycles. The lowest BCUT2D eigenvalue weighted by Gasteiger charge is -2.43. The Kier molecular flexibility index (Phi) is 7.11. The van der Waals surface area contributed by atoms with E-state index >= 15 is 0 Å². The monoisotopic (exact) mass is 459 g/mol. The van der Waals surface area contributed by atoms with Crippen LogP contribution in [0.4, 0.5) is 4.39 Å². The highest BCUT2D eigenvalue weighted by Gasteiger charge is 2.34. The van der Waals surface area contributed by atoms with Gasteiger partial charge >= 0.3 is 0 Å². The minimum Gasteiger partial charge on any atom is -0.340 e. The largest absolute Gasteiger partial charge is 0.340 e. The quantitative estimate of drug-likeness (QED) is 0.750. The summed E-state index contributed by atoms with van der Waals surface area (Å²) in [6, 6.07) is 3.13. The zero-order chi connectivity index (χ0) is 22.1. The molecule has 1 aromatic carbocycles. The molecule has 0 unspecified atom stereocenters. The number of rotatable bonds is 4. The Morgan fingerprint density at radius 1 is 1.10 bits per heavy atom. The number of nitrogens with zero attached hydrogens (tertiary/aromatic N) is 2. The predicted molar refractivity (Wildman–Crippen MR) is 115 cm³/mol. The van der Waals surface area contributed by atoms with Gasteiger partial charge in [-0.2, -0.15) is 0 Å². The summed E-state index contributed by atoms with van der Waals surface area (Å²) >= 11 is 5.71. The number of halogens is 2. The molecule has 30 heavy (non-hydrogen) atoms. The second-order valence-corrected chi connectivity index (χ2v) is 11.4. The van der Waals surface area contributed by atoms with E-state index in [2.05, 4.69) is 30.4 Å². The lowest BCUT2D eigenvalue weighted by molar-refractivity contribution is -0.139. The smallest absolute Gasteiger partial charge is 0.240 e. The van der Waals surface area contributed by atoms with E-state index in [0.717, 1.165) is 38.3 Å². The first-order valence-corrected chi connectivity index (χ1v) is 12.3. The lowest BCUT2D eigenvalue weighted by atomic mass is 9.85. The van der Waals surface area contributed by atoms with E-state index in [0.29, 0.717) is 25.7 Å². The molecular formula is C21H31ClFN3O3S. The Labute approximate surface area is 183 Å². The van der Waals surface area contributed by atoms with Crippen molar-refractivity contribution in [1.29, 1.82) is 0 Å². The molecule has 0 bridgehead atoms. The summed E-state index contributed by atoms with van der Waals surface area (Å²) in [6.07, 6.45) is 2.53. The molecule has 1 saturated carbocycles. The summed E-state index contributed by atoms with van der Waals surface area (Å²) in [6.45, 7) is 9.81. The third kappa shape index (κ3) is 5.52. The van der Waals surface area contributed by atoms with Gasteiger partial charge in [-0.05, 0) is 64.7 Å². The first-order valence-electron chi connectivity index (χ1n) is 10.5. The summed E-state index contributed by atoms with van der Waals surface area (Å²) in [7, 11) is -3.78. The molecule has 1 saturated heterocycles. The summed E-state index contributed by atoms with van der Waals surface area (Å²) in [4.78, 5) is 17.2. The number of amides is 1. The molecule has 168 valence electrons. The molecule has 2 fully saturated rings. The van der Waals surface area contributed by atoms with Crippen molar-refractivity contribution in [1.82, 2.24) is 14.5 Å². The van der Waals surface area contributed by atoms with Crippen LogP contribution in [0.1, 0.15) is 46.5 Å². The first kappa shape index (κ1) is 23.4. The van der Waals surface area contributed by atoms with Crippen molar-refractivity contribution in [3.05, 3.63) is 29.0 Å². The van der Waals surface area contributed by atoms with Crippen LogP contribution in [0.3, 0.4) is 0 Å². The van der Waals surface area contributed by atoms with Crippen LogP contribution in [0.25, 0.3) is 0 Å². The highest BCUT2D eigenvalue weighted by atomic mass is 35.5. The number of hydrogen-bond acceptors (Lipinski definition) is 4. The second kappa shape index (κ2) is 9.10. The molecule has 1 aliphatic heterocycles. The third-order valence-corrected chi connectivity index (χ3v) is 7.95. The Hall–Kier alpha value is -1.22. The van der Waals surface area contributed by atoms with Gasteiger partial charge in [-0.1, -0.05) is 11.6 Å². The van der Waals surface area contributed by atoms with Gasteiger partial charge < -0.3 is 4.90 Å². The van der Waals surface area contributed by atoms with Crippen molar-refractivity contribution in [3.63, 3.8) is 0 Å². The molecule has 1 N–H and O–H groups in total. The summed E-state index contributed by atoms with van der Waals surface area (Å²) < 4.78 is 41.1. The van der Waals surface area contributed by atoms with Crippen molar-refractivity contribution in [3.8, 4) is 0 Å². The highest BCUT2D eigenvalue weighted by Crippen LogP contribution is 2.28. The maximum atomic E-state index is 13.3. The van der Waals surface area contributed by atoms with Gasteiger partial charge in [-0.15, -0.1) is 0 Å². The van der Waals surface area contributed by atoms with Crippen LogP contribution in [-0.2, 0) is 14.8 Å². The minimum absolute atomic E-state index is 0.0489. The van der Waals surface area contributed by atoms with E-state index in [9.17, 15) is 17.6 Å². The standard InChI is InChI=1S/C21H31ClFN3O3S/c1-21(2,3)26-12-10-25(11-13-26)20(27)15-4-6-16(7-5-15)24-30(28,29)17-8-9-19(23)18(22)14-17/h8-9,14-16,24H,4-7,10-13H2,1-3H3/t15-,16-. The van der Waals surface area contributed by atoms with E-state index in [1.807, 2.05) is 4.90 Å². The van der Waals surface area contributed by atoms with Gasteiger partial charge in [0.2, 0.25) is 15.9 Å². The Balaban J connectivity index is 1.51. The third-order valence-electron chi connectivity index (χ3n) is 6.14. The normalized spacial score (nSPS) is 24.1. The van der Waals surface area contributed by atoms with Gasteiger partial charge in [-0.25, -0.2) is 17.5 Å². The number of hydrogen-bond donors (Lipinski definition) is 1. The summed E-state index contributed by atoms with van der Waals surface area (Å²) in [5.41, 5.74) is 0.110. The topological polar surface area (TPSA) is 69.7 Å². The highest BCUT2D eigenvalue weighted by molar-refractivity contribution is 7.89. The zero-order valence-corrected chi connectivity index (χ0v) is 19.4. The van der Waals surface area contributed by atoms with Crippen molar-refractivity contribution < 1.29 is 17.6 Å². The van der Waals surface area contributed by atoms with Gasteiger partial charge in [0.05, 0.1) is 9.92 Å². The van der Waals surface area contributed by atoms with Crippen LogP contribution in [0.15, 0.2) is 23.1 Å². The average Bonchev–Trinajstić information content (AvgIpc) is 2.69. The van der Waals surface area contributed by atoms with Crippen LogP contribution in [0, 0.1) is 11.7 Å². The summed E-state index contributed by atoms with van der Waals surface area (Å²) in [5.74, 6) is -0.514. The van der Waals surface area contributed by atoms with Gasteiger partial charge in [0, 0.05) is 43.7 Å². The van der Waals surface area contributed by atoms with Crippen LogP contribution in [0.2, 0.25) is 5.02 Å². The van der Waals surface area contributed by atoms with Crippen LogP contribution >= 0.6 is 11.6 Å². The van der Waals surface area contributed by atoms with Crippen molar-refractivity contribution in [2.75, 3.05) is 26.2 Å². The molecular weight excluding hydrogens is 429 g/mol. The molecule has 1 aliphatic carbocycles. The Morgan fingerprint density at radius 2 is 1.70 bits per heavy atom. The fraction of sp³-hybridized carbons (Fsp3) is 0.667. The van der Waals surface area contributed by atoms with Gasteiger partial charge in [-0.3, -0.25) is 9.69 Å². The molecule has 3 rings (SSSR count). The first-order chi connectivity index (χ1) is 14.0. The maximum absolute atomic E-state index is 13.3. The van der Waals surface area contributed by atoms with Gasteiger partial charge in [0.1, 0.15) is 5.82 Å². The Morgan fingerprint density at radius 3 is 2.23 bits per heavy atom. The molecule has 0 radical (unpaired) electrons. The fourth-order valence-electron chi connectivity index (χ4n) is 4.25. The number of piperazine rings is 1. The van der Waals surface area contributed by atoms with E-state index < -0.39 is 15.8 Å². The van der Waals surface area contributed by atoms with E-state index in [1.54, 1.807) is 0 Å². The SMILES string of the molecule is CC(C)(C)N1CCN(C(=O)[C@H]2CC[C@H](NS(=O)(=O)c3ccc(F)c(Cl)c3)CC2)CC1. The molecule has 1 aromatic rings. The molecule has 1 amide bonds. The molecule has 2 aliphatic rings.